The Hall–Kier alpha value is -4.27. The lowest BCUT2D eigenvalue weighted by atomic mass is 10.1. The number of unbranched alkanes of at least 4 members (excludes halogenated alkanes) is 1. The molecule has 0 radical (unpaired) electrons. The average molecular weight is 431 g/mol. The van der Waals surface area contributed by atoms with Gasteiger partial charge >= 0.3 is 5.97 Å². The van der Waals surface area contributed by atoms with E-state index >= 15 is 0 Å². The number of aromatic nitrogens is 4. The summed E-state index contributed by atoms with van der Waals surface area (Å²) in [6.07, 6.45) is 3.23. The molecule has 0 spiro atoms. The number of nitrogens with zero attached hydrogens (tertiary/aromatic N) is 4. The maximum Gasteiger partial charge on any atom is 0.356 e. The molecule has 2 aromatic carbocycles. The van der Waals surface area contributed by atoms with Crippen LogP contribution in [-0.4, -0.2) is 36.5 Å². The zero-order valence-corrected chi connectivity index (χ0v) is 17.4. The van der Waals surface area contributed by atoms with Crippen LogP contribution in [0.1, 0.15) is 40.7 Å². The zero-order valence-electron chi connectivity index (χ0n) is 17.4. The number of fused-ring (bicyclic) bond motifs is 1. The summed E-state index contributed by atoms with van der Waals surface area (Å²) in [5.41, 5.74) is 1.08. The molecule has 0 atom stereocenters. The molecule has 0 saturated carbocycles. The smallest absolute Gasteiger partial charge is 0.356 e. The van der Waals surface area contributed by atoms with Gasteiger partial charge in [-0.25, -0.2) is 14.2 Å². The summed E-state index contributed by atoms with van der Waals surface area (Å²) in [7, 11) is 0. The van der Waals surface area contributed by atoms with Crippen molar-refractivity contribution in [3.05, 3.63) is 82.5 Å². The van der Waals surface area contributed by atoms with E-state index in [0.717, 1.165) is 12.8 Å². The van der Waals surface area contributed by atoms with Crippen LogP contribution in [0.2, 0.25) is 0 Å². The summed E-state index contributed by atoms with van der Waals surface area (Å²) in [5, 5.41) is 21.1. The van der Waals surface area contributed by atoms with Crippen molar-refractivity contribution in [1.29, 1.82) is 0 Å². The highest BCUT2D eigenvalue weighted by molar-refractivity contribution is 6.11. The van der Waals surface area contributed by atoms with Crippen molar-refractivity contribution in [3.63, 3.8) is 0 Å². The first-order valence-corrected chi connectivity index (χ1v) is 10.2. The molecule has 32 heavy (non-hydrogen) atoms. The molecule has 4 aromatic rings. The number of nitrogens with one attached hydrogen (secondary N) is 1. The molecular weight excluding hydrogens is 410 g/mol. The summed E-state index contributed by atoms with van der Waals surface area (Å²) < 4.78 is 2.79. The van der Waals surface area contributed by atoms with Crippen LogP contribution in [0.3, 0.4) is 0 Å². The Balaban J connectivity index is 1.61. The molecule has 0 unspecified atom stereocenters. The number of anilines is 1. The fraction of sp³-hybridized carbons (Fsp3) is 0.174. The number of amides is 1. The molecule has 4 rings (SSSR count). The van der Waals surface area contributed by atoms with E-state index in [1.165, 1.54) is 15.4 Å². The minimum atomic E-state index is -1.10. The zero-order chi connectivity index (χ0) is 22.7. The van der Waals surface area contributed by atoms with E-state index in [2.05, 4.69) is 15.5 Å². The number of carbonyl (C=O) groups excluding carboxylic acids is 1. The van der Waals surface area contributed by atoms with Gasteiger partial charge in [0.1, 0.15) is 0 Å². The number of benzene rings is 2. The highest BCUT2D eigenvalue weighted by Crippen LogP contribution is 2.17. The maximum absolute atomic E-state index is 13.0. The van der Waals surface area contributed by atoms with Crippen molar-refractivity contribution in [2.24, 2.45) is 0 Å². The van der Waals surface area contributed by atoms with Gasteiger partial charge in [0.05, 0.1) is 11.1 Å². The lowest BCUT2D eigenvalue weighted by Gasteiger charge is -2.11. The summed E-state index contributed by atoms with van der Waals surface area (Å²) in [4.78, 5) is 36.7. The molecule has 2 N–H and O–H groups in total. The van der Waals surface area contributed by atoms with Gasteiger partial charge in [-0.05, 0) is 42.8 Å². The first-order chi connectivity index (χ1) is 15.5. The maximum atomic E-state index is 13.0. The van der Waals surface area contributed by atoms with Crippen LogP contribution < -0.4 is 10.9 Å². The predicted octanol–water partition coefficient (Wildman–Crippen LogP) is 3.33. The molecule has 0 saturated heterocycles. The van der Waals surface area contributed by atoms with Gasteiger partial charge in [0.25, 0.3) is 11.5 Å². The van der Waals surface area contributed by atoms with Gasteiger partial charge in [-0.15, -0.1) is 0 Å². The second-order valence-corrected chi connectivity index (χ2v) is 7.23. The molecule has 1 amide bonds. The average Bonchev–Trinajstić information content (AvgIpc) is 3.30. The summed E-state index contributed by atoms with van der Waals surface area (Å²) in [6, 6.07) is 15.1. The third-order valence-electron chi connectivity index (χ3n) is 5.00. The van der Waals surface area contributed by atoms with Gasteiger partial charge in [0, 0.05) is 23.8 Å². The van der Waals surface area contributed by atoms with E-state index in [4.69, 9.17) is 5.11 Å². The van der Waals surface area contributed by atoms with Gasteiger partial charge in [-0.2, -0.15) is 10.2 Å². The van der Waals surface area contributed by atoms with E-state index in [0.29, 0.717) is 28.7 Å². The fourth-order valence-corrected chi connectivity index (χ4v) is 3.33. The number of aryl methyl sites for hydroxylation is 1. The Bertz CT molecular complexity index is 1360. The number of hydrogen-bond donors (Lipinski definition) is 2. The van der Waals surface area contributed by atoms with Gasteiger partial charge in [0.2, 0.25) is 0 Å². The topological polar surface area (TPSA) is 119 Å². The molecule has 0 bridgehead atoms. The van der Waals surface area contributed by atoms with E-state index in [1.54, 1.807) is 54.7 Å². The van der Waals surface area contributed by atoms with Crippen molar-refractivity contribution in [3.8, 4) is 5.69 Å². The van der Waals surface area contributed by atoms with Crippen molar-refractivity contribution >= 4 is 28.3 Å². The molecule has 9 nitrogen and oxygen atoms in total. The lowest BCUT2D eigenvalue weighted by Crippen LogP contribution is -2.27. The minimum Gasteiger partial charge on any atom is -0.476 e. The van der Waals surface area contributed by atoms with Crippen molar-refractivity contribution in [2.45, 2.75) is 26.3 Å². The Morgan fingerprint density at radius 3 is 2.38 bits per heavy atom. The van der Waals surface area contributed by atoms with Gasteiger partial charge in [-0.1, -0.05) is 31.5 Å². The van der Waals surface area contributed by atoms with Gasteiger partial charge in [0.15, 0.2) is 11.4 Å². The summed E-state index contributed by atoms with van der Waals surface area (Å²) in [6.45, 7) is 2.46. The molecule has 9 heteroatoms. The highest BCUT2D eigenvalue weighted by Gasteiger charge is 2.17. The molecule has 162 valence electrons. The van der Waals surface area contributed by atoms with E-state index in [-0.39, 0.29) is 16.9 Å². The van der Waals surface area contributed by atoms with E-state index < -0.39 is 11.9 Å². The molecule has 0 fully saturated rings. The van der Waals surface area contributed by atoms with Crippen LogP contribution in [0.4, 0.5) is 5.69 Å². The molecule has 2 heterocycles. The van der Waals surface area contributed by atoms with E-state index in [1.807, 2.05) is 6.92 Å². The summed E-state index contributed by atoms with van der Waals surface area (Å²) >= 11 is 0. The minimum absolute atomic E-state index is 0.0569. The predicted molar refractivity (Wildman–Crippen MR) is 119 cm³/mol. The van der Waals surface area contributed by atoms with Crippen molar-refractivity contribution in [2.75, 3.05) is 5.32 Å². The number of carboxylic acid groups (broad SMARTS) is 1. The molecule has 0 aliphatic heterocycles. The molecule has 2 aromatic heterocycles. The molecule has 0 aliphatic carbocycles. The Morgan fingerprint density at radius 1 is 1.00 bits per heavy atom. The summed E-state index contributed by atoms with van der Waals surface area (Å²) in [5.74, 6) is -1.53. The van der Waals surface area contributed by atoms with Crippen LogP contribution >= 0.6 is 0 Å². The largest absolute Gasteiger partial charge is 0.476 e. The van der Waals surface area contributed by atoms with E-state index in [9.17, 15) is 14.4 Å². The monoisotopic (exact) mass is 431 g/mol. The first-order valence-electron chi connectivity index (χ1n) is 10.2. The van der Waals surface area contributed by atoms with Crippen LogP contribution in [0.5, 0.6) is 0 Å². The third kappa shape index (κ3) is 4.13. The Labute approximate surface area is 182 Å². The van der Waals surface area contributed by atoms with Crippen molar-refractivity contribution < 1.29 is 14.7 Å². The Morgan fingerprint density at radius 2 is 1.72 bits per heavy atom. The highest BCUT2D eigenvalue weighted by atomic mass is 16.4. The van der Waals surface area contributed by atoms with Gasteiger partial charge in [-0.3, -0.25) is 9.59 Å². The third-order valence-corrected chi connectivity index (χ3v) is 5.00. The normalized spacial score (nSPS) is 10.9. The number of hydrogen-bond acceptors (Lipinski definition) is 5. The molecule has 0 aliphatic rings. The van der Waals surface area contributed by atoms with Crippen LogP contribution in [0, 0.1) is 0 Å². The number of rotatable bonds is 7. The SMILES string of the molecule is CCCCn1nc(C(=O)Nc2ccc(-n3ccc(C(=O)O)n3)cc2)c2ccccc2c1=O. The first kappa shape index (κ1) is 21.0. The second-order valence-electron chi connectivity index (χ2n) is 7.23. The lowest BCUT2D eigenvalue weighted by molar-refractivity contribution is 0.0689. The van der Waals surface area contributed by atoms with Crippen LogP contribution in [0.25, 0.3) is 16.5 Å². The number of carboxylic acids is 1. The fourth-order valence-electron chi connectivity index (χ4n) is 3.33. The molecular formula is C23H21N5O4. The van der Waals surface area contributed by atoms with Crippen LogP contribution in [-0.2, 0) is 6.54 Å². The standard InChI is InChI=1S/C23H21N5O4/c1-2-3-13-28-22(30)18-7-5-4-6-17(18)20(26-28)21(29)24-15-8-10-16(11-9-15)27-14-12-19(25-27)23(31)32/h4-12,14H,2-3,13H2,1H3,(H,24,29)(H,31,32). The number of aromatic carboxylic acids is 1. The van der Waals surface area contributed by atoms with Crippen LogP contribution in [0.15, 0.2) is 65.6 Å². The van der Waals surface area contributed by atoms with Gasteiger partial charge < -0.3 is 10.4 Å². The van der Waals surface area contributed by atoms with Crippen molar-refractivity contribution in [1.82, 2.24) is 19.6 Å². The number of carbonyl (C=O) groups is 2. The quantitative estimate of drug-likeness (QED) is 0.463. The Kier molecular flexibility index (Phi) is 5.80. The second kappa shape index (κ2) is 8.84.